The topological polar surface area (TPSA) is 93.0 Å². The van der Waals surface area contributed by atoms with E-state index in [-0.39, 0.29) is 12.5 Å². The maximum atomic E-state index is 11.2. The summed E-state index contributed by atoms with van der Waals surface area (Å²) in [4.78, 5) is 18.1. The summed E-state index contributed by atoms with van der Waals surface area (Å²) in [6, 6.07) is 0. The van der Waals surface area contributed by atoms with Crippen molar-refractivity contribution in [3.63, 3.8) is 0 Å². The minimum absolute atomic E-state index is 0.284. The molecule has 1 amide bonds. The van der Waals surface area contributed by atoms with Crippen LogP contribution in [0.2, 0.25) is 0 Å². The summed E-state index contributed by atoms with van der Waals surface area (Å²) in [6.45, 7) is 0.286. The van der Waals surface area contributed by atoms with Crippen molar-refractivity contribution >= 4 is 17.7 Å². The second-order valence-corrected chi connectivity index (χ2v) is 3.66. The standard InChI is InChI=1S/C7H12N4O2S/c1-13-4-5(6(12)11-8)14-7-9-2-3-10-7/h2-3,5H,4,8H2,1H3,(H,9,10)(H,11,12). The van der Waals surface area contributed by atoms with Gasteiger partial charge in [-0.1, -0.05) is 11.8 Å². The van der Waals surface area contributed by atoms with Gasteiger partial charge in [-0.3, -0.25) is 10.2 Å². The number of rotatable bonds is 5. The van der Waals surface area contributed by atoms with Crippen LogP contribution in [0.4, 0.5) is 0 Å². The lowest BCUT2D eigenvalue weighted by atomic mass is 10.4. The summed E-state index contributed by atoms with van der Waals surface area (Å²) in [6.07, 6.45) is 3.30. The Balaban J connectivity index is 2.55. The molecule has 1 aromatic heterocycles. The molecule has 4 N–H and O–H groups in total. The Kier molecular flexibility index (Phi) is 4.44. The highest BCUT2D eigenvalue weighted by Crippen LogP contribution is 2.19. The van der Waals surface area contributed by atoms with Gasteiger partial charge >= 0.3 is 0 Å². The van der Waals surface area contributed by atoms with E-state index in [4.69, 9.17) is 10.6 Å². The molecule has 1 aromatic rings. The van der Waals surface area contributed by atoms with E-state index in [0.717, 1.165) is 0 Å². The van der Waals surface area contributed by atoms with Gasteiger partial charge in [-0.05, 0) is 0 Å². The molecule has 7 heteroatoms. The van der Waals surface area contributed by atoms with E-state index >= 15 is 0 Å². The van der Waals surface area contributed by atoms with Crippen LogP contribution in [0.3, 0.4) is 0 Å². The predicted molar refractivity (Wildman–Crippen MR) is 52.4 cm³/mol. The maximum absolute atomic E-state index is 11.2. The van der Waals surface area contributed by atoms with Gasteiger partial charge in [0.15, 0.2) is 5.16 Å². The lowest BCUT2D eigenvalue weighted by molar-refractivity contribution is -0.121. The molecule has 1 heterocycles. The number of hydrazine groups is 1. The van der Waals surface area contributed by atoms with Gasteiger partial charge in [0, 0.05) is 19.5 Å². The smallest absolute Gasteiger partial charge is 0.249 e. The van der Waals surface area contributed by atoms with E-state index in [1.807, 2.05) is 0 Å². The summed E-state index contributed by atoms with van der Waals surface area (Å²) < 4.78 is 4.90. The summed E-state index contributed by atoms with van der Waals surface area (Å²) in [7, 11) is 1.53. The van der Waals surface area contributed by atoms with E-state index in [2.05, 4.69) is 15.4 Å². The zero-order valence-corrected chi connectivity index (χ0v) is 8.50. The molecule has 78 valence electrons. The SMILES string of the molecule is COCC(Sc1ncc[nH]1)C(=O)NN. The number of carbonyl (C=O) groups excluding carboxylic acids is 1. The molecule has 0 saturated carbocycles. The highest BCUT2D eigenvalue weighted by atomic mass is 32.2. The molecule has 6 nitrogen and oxygen atoms in total. The minimum atomic E-state index is -0.392. The van der Waals surface area contributed by atoms with E-state index in [0.29, 0.717) is 5.16 Å². The number of carbonyl (C=O) groups is 1. The molecular formula is C7H12N4O2S. The minimum Gasteiger partial charge on any atom is -0.383 e. The number of amides is 1. The highest BCUT2D eigenvalue weighted by Gasteiger charge is 2.19. The molecule has 0 aromatic carbocycles. The normalized spacial score (nSPS) is 12.4. The van der Waals surface area contributed by atoms with Crippen molar-refractivity contribution in [1.82, 2.24) is 15.4 Å². The molecule has 1 atom stereocenters. The first-order valence-electron chi connectivity index (χ1n) is 3.93. The van der Waals surface area contributed by atoms with Gasteiger partial charge in [0.2, 0.25) is 5.91 Å². The number of hydrogen-bond acceptors (Lipinski definition) is 5. The molecule has 0 aliphatic carbocycles. The fourth-order valence-corrected chi connectivity index (χ4v) is 1.76. The van der Waals surface area contributed by atoms with Crippen LogP contribution in [-0.4, -0.2) is 34.8 Å². The Morgan fingerprint density at radius 3 is 3.21 bits per heavy atom. The van der Waals surface area contributed by atoms with Gasteiger partial charge < -0.3 is 9.72 Å². The summed E-state index contributed by atoms with van der Waals surface area (Å²) >= 11 is 1.27. The summed E-state index contributed by atoms with van der Waals surface area (Å²) in [5.74, 6) is 4.75. The number of imidazole rings is 1. The number of ether oxygens (including phenoxy) is 1. The Morgan fingerprint density at radius 1 is 1.93 bits per heavy atom. The molecule has 0 saturated heterocycles. The monoisotopic (exact) mass is 216 g/mol. The van der Waals surface area contributed by atoms with E-state index in [1.54, 1.807) is 12.4 Å². The molecule has 1 unspecified atom stereocenters. The van der Waals surface area contributed by atoms with Crippen LogP contribution in [0, 0.1) is 0 Å². The number of hydrogen-bond donors (Lipinski definition) is 3. The molecule has 14 heavy (non-hydrogen) atoms. The van der Waals surface area contributed by atoms with Crippen LogP contribution < -0.4 is 11.3 Å². The lowest BCUT2D eigenvalue weighted by Crippen LogP contribution is -2.39. The third-order valence-corrected chi connectivity index (χ3v) is 2.56. The number of aromatic amines is 1. The van der Waals surface area contributed by atoms with E-state index < -0.39 is 5.25 Å². The third-order valence-electron chi connectivity index (χ3n) is 1.48. The van der Waals surface area contributed by atoms with Crippen molar-refractivity contribution in [1.29, 1.82) is 0 Å². The molecular weight excluding hydrogens is 204 g/mol. The van der Waals surface area contributed by atoms with E-state index in [1.165, 1.54) is 18.9 Å². The first-order chi connectivity index (χ1) is 6.77. The van der Waals surface area contributed by atoms with Crippen LogP contribution in [-0.2, 0) is 9.53 Å². The number of nitrogens with zero attached hydrogens (tertiary/aromatic N) is 1. The molecule has 0 radical (unpaired) electrons. The molecule has 0 fully saturated rings. The van der Waals surface area contributed by atoms with Crippen molar-refractivity contribution in [2.24, 2.45) is 5.84 Å². The van der Waals surface area contributed by atoms with Crippen molar-refractivity contribution < 1.29 is 9.53 Å². The number of nitrogens with two attached hydrogens (primary N) is 1. The zero-order valence-electron chi connectivity index (χ0n) is 7.69. The fourth-order valence-electron chi connectivity index (χ4n) is 0.858. The predicted octanol–water partition coefficient (Wildman–Crippen LogP) is -0.493. The Hall–Kier alpha value is -1.05. The second kappa shape index (κ2) is 5.63. The van der Waals surface area contributed by atoms with Gasteiger partial charge in [0.1, 0.15) is 5.25 Å². The van der Waals surface area contributed by atoms with Crippen molar-refractivity contribution in [3.8, 4) is 0 Å². The molecule has 1 rings (SSSR count). The lowest BCUT2D eigenvalue weighted by Gasteiger charge is -2.11. The Bertz CT molecular complexity index is 277. The molecule has 0 aliphatic rings. The number of thioether (sulfide) groups is 1. The van der Waals surface area contributed by atoms with Crippen molar-refractivity contribution in [3.05, 3.63) is 12.4 Å². The van der Waals surface area contributed by atoms with Crippen LogP contribution in [0.25, 0.3) is 0 Å². The van der Waals surface area contributed by atoms with Crippen LogP contribution in [0.15, 0.2) is 17.6 Å². The number of nitrogens with one attached hydrogen (secondary N) is 2. The van der Waals surface area contributed by atoms with Crippen LogP contribution in [0.1, 0.15) is 0 Å². The summed E-state index contributed by atoms with van der Waals surface area (Å²) in [5.41, 5.74) is 2.08. The number of H-pyrrole nitrogens is 1. The Morgan fingerprint density at radius 2 is 2.71 bits per heavy atom. The highest BCUT2D eigenvalue weighted by molar-refractivity contribution is 8.00. The average Bonchev–Trinajstić information content (AvgIpc) is 2.68. The molecule has 0 aliphatic heterocycles. The van der Waals surface area contributed by atoms with Crippen LogP contribution in [0.5, 0.6) is 0 Å². The number of aromatic nitrogens is 2. The van der Waals surface area contributed by atoms with Gasteiger partial charge in [-0.2, -0.15) is 0 Å². The maximum Gasteiger partial charge on any atom is 0.249 e. The second-order valence-electron chi connectivity index (χ2n) is 2.46. The van der Waals surface area contributed by atoms with Gasteiger partial charge in [-0.25, -0.2) is 10.8 Å². The van der Waals surface area contributed by atoms with Gasteiger partial charge in [0.05, 0.1) is 6.61 Å². The molecule has 0 spiro atoms. The van der Waals surface area contributed by atoms with Crippen molar-refractivity contribution in [2.45, 2.75) is 10.4 Å². The van der Waals surface area contributed by atoms with Crippen LogP contribution >= 0.6 is 11.8 Å². The summed E-state index contributed by atoms with van der Waals surface area (Å²) in [5, 5.41) is 0.270. The molecule has 0 bridgehead atoms. The van der Waals surface area contributed by atoms with Crippen molar-refractivity contribution in [2.75, 3.05) is 13.7 Å². The van der Waals surface area contributed by atoms with Gasteiger partial charge in [-0.15, -0.1) is 0 Å². The zero-order chi connectivity index (χ0) is 10.4. The quantitative estimate of drug-likeness (QED) is 0.267. The first kappa shape index (κ1) is 11.0. The fraction of sp³-hybridized carbons (Fsp3) is 0.429. The van der Waals surface area contributed by atoms with E-state index in [9.17, 15) is 4.79 Å². The largest absolute Gasteiger partial charge is 0.383 e. The number of methoxy groups -OCH3 is 1. The third kappa shape index (κ3) is 3.02. The Labute approximate surface area is 85.6 Å². The first-order valence-corrected chi connectivity index (χ1v) is 4.81. The van der Waals surface area contributed by atoms with Gasteiger partial charge in [0.25, 0.3) is 0 Å². The average molecular weight is 216 g/mol.